The van der Waals surface area contributed by atoms with Gasteiger partial charge in [-0.15, -0.1) is 0 Å². The summed E-state index contributed by atoms with van der Waals surface area (Å²) in [5.74, 6) is 0.548. The quantitative estimate of drug-likeness (QED) is 0.418. The van der Waals surface area contributed by atoms with Crippen molar-refractivity contribution in [1.82, 2.24) is 0 Å². The third-order valence-corrected chi connectivity index (χ3v) is 4.25. The molecule has 1 aliphatic carbocycles. The molecule has 1 unspecified atom stereocenters. The molecule has 0 aromatic rings. The Hall–Kier alpha value is -0.660. The zero-order valence-electron chi connectivity index (χ0n) is 12.6. The smallest absolute Gasteiger partial charge is 0.143 e. The Kier molecular flexibility index (Phi) is 8.77. The molecule has 0 bridgehead atoms. The van der Waals surface area contributed by atoms with Gasteiger partial charge < -0.3 is 0 Å². The van der Waals surface area contributed by atoms with E-state index >= 15 is 0 Å². The zero-order chi connectivity index (χ0) is 13.9. The number of unbranched alkanes of at least 4 members (excludes halogenated alkanes) is 8. The summed E-state index contributed by atoms with van der Waals surface area (Å²) >= 11 is 0. The van der Waals surface area contributed by atoms with Crippen LogP contribution in [0.1, 0.15) is 90.4 Å². The normalized spacial score (nSPS) is 19.9. The molecule has 1 saturated carbocycles. The van der Waals surface area contributed by atoms with Crippen molar-refractivity contribution < 1.29 is 9.59 Å². The van der Waals surface area contributed by atoms with Gasteiger partial charge in [0, 0.05) is 12.3 Å². The largest absolute Gasteiger partial charge is 0.299 e. The molecule has 19 heavy (non-hydrogen) atoms. The predicted octanol–water partition coefficient (Wildman–Crippen LogP) is 4.85. The minimum absolute atomic E-state index is 0.147. The second kappa shape index (κ2) is 10.2. The van der Waals surface area contributed by atoms with Gasteiger partial charge in [-0.05, 0) is 12.8 Å². The summed E-state index contributed by atoms with van der Waals surface area (Å²) in [5, 5.41) is 0. The highest BCUT2D eigenvalue weighted by Gasteiger charge is 2.26. The molecule has 1 aliphatic rings. The average molecular weight is 266 g/mol. The van der Waals surface area contributed by atoms with Crippen LogP contribution < -0.4 is 0 Å². The molecule has 0 aromatic carbocycles. The van der Waals surface area contributed by atoms with Crippen molar-refractivity contribution >= 4 is 11.6 Å². The molecular weight excluding hydrogens is 236 g/mol. The van der Waals surface area contributed by atoms with Crippen LogP contribution in [0.4, 0.5) is 0 Å². The third kappa shape index (κ3) is 7.49. The molecule has 0 saturated heterocycles. The van der Waals surface area contributed by atoms with E-state index < -0.39 is 0 Å². The van der Waals surface area contributed by atoms with Crippen LogP contribution in [0.3, 0.4) is 0 Å². The van der Waals surface area contributed by atoms with Gasteiger partial charge in [0.25, 0.3) is 0 Å². The summed E-state index contributed by atoms with van der Waals surface area (Å²) in [6, 6.07) is 0. The van der Waals surface area contributed by atoms with Crippen LogP contribution in [0.25, 0.3) is 0 Å². The predicted molar refractivity (Wildman–Crippen MR) is 79.2 cm³/mol. The van der Waals surface area contributed by atoms with Crippen molar-refractivity contribution in [3.05, 3.63) is 0 Å². The van der Waals surface area contributed by atoms with Crippen LogP contribution in [0.5, 0.6) is 0 Å². The molecule has 2 heteroatoms. The van der Waals surface area contributed by atoms with Crippen LogP contribution in [-0.2, 0) is 9.59 Å². The maximum atomic E-state index is 11.7. The number of carbonyl (C=O) groups is 2. The van der Waals surface area contributed by atoms with Crippen LogP contribution in [-0.4, -0.2) is 11.6 Å². The van der Waals surface area contributed by atoms with Crippen LogP contribution in [0.2, 0.25) is 0 Å². The molecule has 1 fully saturated rings. The lowest BCUT2D eigenvalue weighted by Gasteiger charge is -2.19. The van der Waals surface area contributed by atoms with Crippen molar-refractivity contribution in [2.45, 2.75) is 90.4 Å². The first-order valence-electron chi connectivity index (χ1n) is 8.28. The van der Waals surface area contributed by atoms with Crippen molar-refractivity contribution in [3.8, 4) is 0 Å². The van der Waals surface area contributed by atoms with E-state index in [0.717, 1.165) is 12.8 Å². The van der Waals surface area contributed by atoms with E-state index in [2.05, 4.69) is 6.92 Å². The van der Waals surface area contributed by atoms with Gasteiger partial charge in [0.15, 0.2) is 0 Å². The number of carbonyl (C=O) groups excluding carboxylic acids is 2. The summed E-state index contributed by atoms with van der Waals surface area (Å²) in [7, 11) is 0. The number of ketones is 2. The van der Waals surface area contributed by atoms with Crippen molar-refractivity contribution in [3.63, 3.8) is 0 Å². The number of rotatable bonds is 10. The highest BCUT2D eigenvalue weighted by molar-refractivity contribution is 6.02. The highest BCUT2D eigenvalue weighted by Crippen LogP contribution is 2.24. The Balaban J connectivity index is 1.90. The highest BCUT2D eigenvalue weighted by atomic mass is 16.1. The molecule has 0 amide bonds. The van der Waals surface area contributed by atoms with Gasteiger partial charge in [0.05, 0.1) is 6.42 Å². The number of hydrogen-bond donors (Lipinski definition) is 0. The first kappa shape index (κ1) is 16.4. The van der Waals surface area contributed by atoms with Crippen LogP contribution >= 0.6 is 0 Å². The summed E-state index contributed by atoms with van der Waals surface area (Å²) in [4.78, 5) is 22.8. The Bertz CT molecular complexity index is 270. The molecule has 0 spiro atoms. The van der Waals surface area contributed by atoms with Crippen LogP contribution in [0, 0.1) is 5.92 Å². The number of Topliss-reactive ketones (excluding diaryl/α,β-unsaturated/α-hetero) is 2. The summed E-state index contributed by atoms with van der Waals surface area (Å²) in [6.45, 7) is 2.25. The Morgan fingerprint density at radius 2 is 1.47 bits per heavy atom. The molecular formula is C17H30O2. The zero-order valence-corrected chi connectivity index (χ0v) is 12.6. The van der Waals surface area contributed by atoms with Crippen molar-refractivity contribution in [2.75, 3.05) is 0 Å². The van der Waals surface area contributed by atoms with Crippen LogP contribution in [0.15, 0.2) is 0 Å². The van der Waals surface area contributed by atoms with Gasteiger partial charge in [-0.25, -0.2) is 0 Å². The molecule has 0 aromatic heterocycles. The second-order valence-electron chi connectivity index (χ2n) is 6.03. The molecule has 0 aliphatic heterocycles. The van der Waals surface area contributed by atoms with Gasteiger partial charge in [-0.1, -0.05) is 64.7 Å². The Morgan fingerprint density at radius 3 is 2.05 bits per heavy atom. The standard InChI is InChI=1S/C17H30O2/c1-2-3-4-5-6-7-8-9-10-11-15-12-13-16(18)14-17(15)19/h15H,2-14H2,1H3. The van der Waals surface area contributed by atoms with E-state index in [4.69, 9.17) is 0 Å². The molecule has 110 valence electrons. The fourth-order valence-corrected chi connectivity index (χ4v) is 2.93. The van der Waals surface area contributed by atoms with Gasteiger partial charge in [-0.2, -0.15) is 0 Å². The van der Waals surface area contributed by atoms with E-state index in [1.807, 2.05) is 0 Å². The van der Waals surface area contributed by atoms with Gasteiger partial charge in [-0.3, -0.25) is 9.59 Å². The lowest BCUT2D eigenvalue weighted by molar-refractivity contribution is -0.132. The first-order valence-corrected chi connectivity index (χ1v) is 8.28. The molecule has 0 heterocycles. The Morgan fingerprint density at radius 1 is 0.895 bits per heavy atom. The first-order chi connectivity index (χ1) is 9.24. The number of hydrogen-bond acceptors (Lipinski definition) is 2. The average Bonchev–Trinajstić information content (AvgIpc) is 2.39. The maximum Gasteiger partial charge on any atom is 0.143 e. The minimum atomic E-state index is 0.147. The lowest BCUT2D eigenvalue weighted by Crippen LogP contribution is -2.24. The van der Waals surface area contributed by atoms with E-state index in [1.165, 1.54) is 57.8 Å². The minimum Gasteiger partial charge on any atom is -0.299 e. The van der Waals surface area contributed by atoms with Gasteiger partial charge >= 0.3 is 0 Å². The van der Waals surface area contributed by atoms with E-state index in [-0.39, 0.29) is 23.9 Å². The summed E-state index contributed by atoms with van der Waals surface area (Å²) in [5.41, 5.74) is 0. The fraction of sp³-hybridized carbons (Fsp3) is 0.882. The Labute approximate surface area is 118 Å². The van der Waals surface area contributed by atoms with E-state index in [0.29, 0.717) is 6.42 Å². The topological polar surface area (TPSA) is 34.1 Å². The maximum absolute atomic E-state index is 11.7. The van der Waals surface area contributed by atoms with Gasteiger partial charge in [0.2, 0.25) is 0 Å². The third-order valence-electron chi connectivity index (χ3n) is 4.25. The summed E-state index contributed by atoms with van der Waals surface area (Å²) in [6.07, 6.45) is 14.6. The second-order valence-corrected chi connectivity index (χ2v) is 6.03. The molecule has 2 nitrogen and oxygen atoms in total. The fourth-order valence-electron chi connectivity index (χ4n) is 2.93. The molecule has 1 rings (SSSR count). The SMILES string of the molecule is CCCCCCCCCCCC1CCC(=O)CC1=O. The van der Waals surface area contributed by atoms with E-state index in [1.54, 1.807) is 0 Å². The monoisotopic (exact) mass is 266 g/mol. The van der Waals surface area contributed by atoms with E-state index in [9.17, 15) is 9.59 Å². The summed E-state index contributed by atoms with van der Waals surface area (Å²) < 4.78 is 0. The van der Waals surface area contributed by atoms with Crippen molar-refractivity contribution in [2.24, 2.45) is 5.92 Å². The molecule has 1 atom stereocenters. The van der Waals surface area contributed by atoms with Crippen molar-refractivity contribution in [1.29, 1.82) is 0 Å². The van der Waals surface area contributed by atoms with Gasteiger partial charge in [0.1, 0.15) is 11.6 Å². The molecule has 0 N–H and O–H groups in total. The lowest BCUT2D eigenvalue weighted by atomic mass is 9.84. The molecule has 0 radical (unpaired) electrons.